The highest BCUT2D eigenvalue weighted by Gasteiger charge is 2.25. The van der Waals surface area contributed by atoms with E-state index in [0.29, 0.717) is 21.9 Å². The van der Waals surface area contributed by atoms with Crippen LogP contribution in [-0.2, 0) is 0 Å². The maximum absolute atomic E-state index is 13.8. The molecule has 1 aliphatic rings. The summed E-state index contributed by atoms with van der Waals surface area (Å²) >= 11 is 1.36. The minimum atomic E-state index is -0.0457. The van der Waals surface area contributed by atoms with Gasteiger partial charge in [0.05, 0.1) is 0 Å². The zero-order valence-electron chi connectivity index (χ0n) is 19.9. The number of nitrogens with zero attached hydrogens (tertiary/aromatic N) is 1. The van der Waals surface area contributed by atoms with Crippen LogP contribution in [0.1, 0.15) is 51.2 Å². The smallest absolute Gasteiger partial charge is 0.207 e. The van der Waals surface area contributed by atoms with Gasteiger partial charge in [-0.05, 0) is 93.6 Å². The van der Waals surface area contributed by atoms with Crippen molar-refractivity contribution in [3.63, 3.8) is 0 Å². The minimum Gasteiger partial charge on any atom is -0.508 e. The molecule has 0 unspecified atom stereocenters. The summed E-state index contributed by atoms with van der Waals surface area (Å²) in [6, 6.07) is 17.4. The standard InChI is InChI=1S/C29H29NO3S/c1-18-15-19(2)26(20(3)16-18)27(32)29-28(24-12-9-22(31)17-25(24)34-29)33-23-10-7-21(8-11-23)30-13-5-4-6-14-30/h7-12,15-17,31H,4-6,13-14H2,1-3H3. The molecule has 2 heterocycles. The lowest BCUT2D eigenvalue weighted by molar-refractivity contribution is 0.103. The molecular weight excluding hydrogens is 442 g/mol. The van der Waals surface area contributed by atoms with Gasteiger partial charge in [-0.1, -0.05) is 17.7 Å². The predicted molar refractivity (Wildman–Crippen MR) is 140 cm³/mol. The third-order valence-electron chi connectivity index (χ3n) is 6.52. The van der Waals surface area contributed by atoms with Crippen LogP contribution in [0.15, 0.2) is 54.6 Å². The molecule has 0 saturated carbocycles. The maximum atomic E-state index is 13.8. The first-order valence-electron chi connectivity index (χ1n) is 11.8. The molecule has 1 fully saturated rings. The van der Waals surface area contributed by atoms with E-state index in [1.807, 2.05) is 51.1 Å². The lowest BCUT2D eigenvalue weighted by Crippen LogP contribution is -2.29. The van der Waals surface area contributed by atoms with E-state index in [2.05, 4.69) is 17.0 Å². The molecule has 34 heavy (non-hydrogen) atoms. The molecule has 1 saturated heterocycles. The number of phenolic OH excluding ortho intramolecular Hbond substituents is 1. The van der Waals surface area contributed by atoms with Crippen LogP contribution in [0.2, 0.25) is 0 Å². The van der Waals surface area contributed by atoms with Crippen molar-refractivity contribution in [3.05, 3.63) is 81.7 Å². The largest absolute Gasteiger partial charge is 0.508 e. The summed E-state index contributed by atoms with van der Waals surface area (Å²) in [7, 11) is 0. The fourth-order valence-corrected chi connectivity index (χ4v) is 6.07. The zero-order chi connectivity index (χ0) is 23.8. The Morgan fingerprint density at radius 2 is 1.59 bits per heavy atom. The van der Waals surface area contributed by atoms with Crippen LogP contribution in [0.4, 0.5) is 5.69 Å². The van der Waals surface area contributed by atoms with Crippen LogP contribution >= 0.6 is 11.3 Å². The fraction of sp³-hybridized carbons (Fsp3) is 0.276. The van der Waals surface area contributed by atoms with E-state index in [1.54, 1.807) is 12.1 Å². The number of thiophene rings is 1. The van der Waals surface area contributed by atoms with Gasteiger partial charge in [-0.3, -0.25) is 4.79 Å². The zero-order valence-corrected chi connectivity index (χ0v) is 20.7. The van der Waals surface area contributed by atoms with Crippen molar-refractivity contribution >= 4 is 32.9 Å². The summed E-state index contributed by atoms with van der Waals surface area (Å²) in [5.41, 5.74) is 4.97. The Morgan fingerprint density at radius 3 is 2.26 bits per heavy atom. The second-order valence-corrected chi connectivity index (χ2v) is 10.2. The molecule has 1 aliphatic heterocycles. The molecule has 4 nitrogen and oxygen atoms in total. The van der Waals surface area contributed by atoms with Crippen molar-refractivity contribution in [2.75, 3.05) is 18.0 Å². The minimum absolute atomic E-state index is 0.0457. The van der Waals surface area contributed by atoms with Gasteiger partial charge < -0.3 is 14.7 Å². The van der Waals surface area contributed by atoms with Gasteiger partial charge in [0.25, 0.3) is 0 Å². The van der Waals surface area contributed by atoms with E-state index in [4.69, 9.17) is 4.74 Å². The Bertz CT molecular complexity index is 1340. The van der Waals surface area contributed by atoms with Crippen molar-refractivity contribution in [1.82, 2.24) is 0 Å². The first-order chi connectivity index (χ1) is 16.4. The van der Waals surface area contributed by atoms with Crippen LogP contribution in [0.3, 0.4) is 0 Å². The Morgan fingerprint density at radius 1 is 0.912 bits per heavy atom. The molecule has 1 aromatic heterocycles. The van der Waals surface area contributed by atoms with Gasteiger partial charge in [-0.25, -0.2) is 0 Å². The highest BCUT2D eigenvalue weighted by atomic mass is 32.1. The molecule has 5 rings (SSSR count). The normalized spacial score (nSPS) is 13.9. The second kappa shape index (κ2) is 9.15. The van der Waals surface area contributed by atoms with Crippen molar-refractivity contribution in [2.24, 2.45) is 0 Å². The summed E-state index contributed by atoms with van der Waals surface area (Å²) in [6.07, 6.45) is 3.76. The topological polar surface area (TPSA) is 49.8 Å². The number of carbonyl (C=O) groups is 1. The van der Waals surface area contributed by atoms with E-state index >= 15 is 0 Å². The van der Waals surface area contributed by atoms with Crippen LogP contribution < -0.4 is 9.64 Å². The highest BCUT2D eigenvalue weighted by molar-refractivity contribution is 7.21. The van der Waals surface area contributed by atoms with Gasteiger partial charge in [0, 0.05) is 34.4 Å². The van der Waals surface area contributed by atoms with E-state index < -0.39 is 0 Å². The molecule has 4 aromatic rings. The van der Waals surface area contributed by atoms with E-state index in [9.17, 15) is 9.90 Å². The summed E-state index contributed by atoms with van der Waals surface area (Å²) in [5.74, 6) is 1.37. The van der Waals surface area contributed by atoms with E-state index in [1.165, 1.54) is 36.3 Å². The third-order valence-corrected chi connectivity index (χ3v) is 7.65. The average Bonchev–Trinajstić information content (AvgIpc) is 3.16. The number of phenols is 1. The quantitative estimate of drug-likeness (QED) is 0.305. The Labute approximate surface area is 204 Å². The van der Waals surface area contributed by atoms with Gasteiger partial charge >= 0.3 is 0 Å². The average molecular weight is 472 g/mol. The predicted octanol–water partition coefficient (Wildman–Crippen LogP) is 7.55. The summed E-state index contributed by atoms with van der Waals surface area (Å²) in [5, 5.41) is 10.9. The van der Waals surface area contributed by atoms with Crippen molar-refractivity contribution < 1.29 is 14.6 Å². The number of hydrogen-bond donors (Lipinski definition) is 1. The summed E-state index contributed by atoms with van der Waals surface area (Å²) < 4.78 is 7.21. The molecular formula is C29H29NO3S. The van der Waals surface area contributed by atoms with Gasteiger partial charge in [0.1, 0.15) is 16.4 Å². The van der Waals surface area contributed by atoms with Gasteiger partial charge in [0.15, 0.2) is 5.75 Å². The van der Waals surface area contributed by atoms with E-state index in [0.717, 1.165) is 39.9 Å². The molecule has 0 radical (unpaired) electrons. The van der Waals surface area contributed by atoms with Crippen molar-refractivity contribution in [2.45, 2.75) is 40.0 Å². The Hall–Kier alpha value is -3.31. The summed E-state index contributed by atoms with van der Waals surface area (Å²) in [6.45, 7) is 8.18. The number of ketones is 1. The van der Waals surface area contributed by atoms with Crippen LogP contribution in [0.25, 0.3) is 10.1 Å². The Kier molecular flexibility index (Phi) is 6.05. The van der Waals surface area contributed by atoms with Gasteiger partial charge in [-0.2, -0.15) is 0 Å². The maximum Gasteiger partial charge on any atom is 0.207 e. The molecule has 0 amide bonds. The molecule has 0 atom stereocenters. The lowest BCUT2D eigenvalue weighted by atomic mass is 9.95. The number of fused-ring (bicyclic) bond motifs is 1. The number of rotatable bonds is 5. The van der Waals surface area contributed by atoms with Crippen LogP contribution in [-0.4, -0.2) is 24.0 Å². The molecule has 0 bridgehead atoms. The van der Waals surface area contributed by atoms with Crippen LogP contribution in [0, 0.1) is 20.8 Å². The van der Waals surface area contributed by atoms with Gasteiger partial charge in [-0.15, -0.1) is 11.3 Å². The number of ether oxygens (including phenoxy) is 1. The second-order valence-electron chi connectivity index (χ2n) is 9.19. The highest BCUT2D eigenvalue weighted by Crippen LogP contribution is 2.43. The first-order valence-corrected chi connectivity index (χ1v) is 12.6. The first kappa shape index (κ1) is 22.5. The Balaban J connectivity index is 1.54. The van der Waals surface area contributed by atoms with Crippen LogP contribution in [0.5, 0.6) is 17.2 Å². The van der Waals surface area contributed by atoms with Crippen molar-refractivity contribution in [1.29, 1.82) is 0 Å². The number of piperidine rings is 1. The fourth-order valence-electron chi connectivity index (χ4n) is 4.96. The number of hydrogen-bond acceptors (Lipinski definition) is 5. The molecule has 3 aromatic carbocycles. The molecule has 174 valence electrons. The molecule has 0 aliphatic carbocycles. The molecule has 5 heteroatoms. The molecule has 0 spiro atoms. The summed E-state index contributed by atoms with van der Waals surface area (Å²) in [4.78, 5) is 16.7. The number of carbonyl (C=O) groups excluding carboxylic acids is 1. The lowest BCUT2D eigenvalue weighted by Gasteiger charge is -2.28. The SMILES string of the molecule is Cc1cc(C)c(C(=O)c2sc3cc(O)ccc3c2Oc2ccc(N3CCCCC3)cc2)c(C)c1. The number of aryl methyl sites for hydroxylation is 3. The van der Waals surface area contributed by atoms with Crippen molar-refractivity contribution in [3.8, 4) is 17.2 Å². The number of anilines is 1. The monoisotopic (exact) mass is 471 g/mol. The molecule has 1 N–H and O–H groups in total. The van der Waals surface area contributed by atoms with E-state index in [-0.39, 0.29) is 11.5 Å². The van der Waals surface area contributed by atoms with Gasteiger partial charge in [0.2, 0.25) is 5.78 Å². The number of aromatic hydroxyl groups is 1. The third kappa shape index (κ3) is 4.28. The number of benzene rings is 3.